The van der Waals surface area contributed by atoms with Gasteiger partial charge in [-0.25, -0.2) is 0 Å². The second kappa shape index (κ2) is 7.65. The first kappa shape index (κ1) is 14.4. The molecule has 0 heterocycles. The van der Waals surface area contributed by atoms with Gasteiger partial charge in [0, 0.05) is 12.6 Å². The van der Waals surface area contributed by atoms with Gasteiger partial charge in [-0.1, -0.05) is 20.8 Å². The number of aliphatic hydroxyl groups excluding tert-OH is 1. The van der Waals surface area contributed by atoms with Crippen molar-refractivity contribution in [1.82, 2.24) is 10.2 Å². The first-order valence-corrected chi connectivity index (χ1v) is 5.63. The van der Waals surface area contributed by atoms with Gasteiger partial charge in [0.15, 0.2) is 0 Å². The Hall–Kier alpha value is -0.610. The standard InChI is InChI=1S/C11H24N2O2/c1-5-13(6-7-14)8-11(15)12-10(4)9(2)3/h9-10,14H,5-8H2,1-4H3,(H,12,15). The molecule has 0 aliphatic heterocycles. The van der Waals surface area contributed by atoms with Crippen molar-refractivity contribution in [3.8, 4) is 0 Å². The van der Waals surface area contributed by atoms with Crippen LogP contribution in [0, 0.1) is 5.92 Å². The lowest BCUT2D eigenvalue weighted by molar-refractivity contribution is -0.123. The van der Waals surface area contributed by atoms with E-state index in [1.807, 2.05) is 18.7 Å². The summed E-state index contributed by atoms with van der Waals surface area (Å²) in [5, 5.41) is 11.7. The number of hydrogen-bond donors (Lipinski definition) is 2. The van der Waals surface area contributed by atoms with E-state index in [-0.39, 0.29) is 18.6 Å². The van der Waals surface area contributed by atoms with E-state index in [0.29, 0.717) is 19.0 Å². The van der Waals surface area contributed by atoms with Crippen molar-refractivity contribution in [3.05, 3.63) is 0 Å². The lowest BCUT2D eigenvalue weighted by atomic mass is 10.1. The first-order valence-electron chi connectivity index (χ1n) is 5.63. The van der Waals surface area contributed by atoms with Crippen LogP contribution in [0.3, 0.4) is 0 Å². The summed E-state index contributed by atoms with van der Waals surface area (Å²) >= 11 is 0. The minimum atomic E-state index is 0.0338. The Bertz CT molecular complexity index is 183. The summed E-state index contributed by atoms with van der Waals surface area (Å²) in [5.74, 6) is 0.480. The molecule has 1 unspecified atom stereocenters. The van der Waals surface area contributed by atoms with E-state index in [4.69, 9.17) is 5.11 Å². The number of nitrogens with zero attached hydrogens (tertiary/aromatic N) is 1. The minimum Gasteiger partial charge on any atom is -0.395 e. The topological polar surface area (TPSA) is 52.6 Å². The highest BCUT2D eigenvalue weighted by atomic mass is 16.3. The molecule has 0 aromatic rings. The predicted octanol–water partition coefficient (Wildman–Crippen LogP) is 0.461. The summed E-state index contributed by atoms with van der Waals surface area (Å²) in [7, 11) is 0. The fourth-order valence-electron chi connectivity index (χ4n) is 1.16. The lowest BCUT2D eigenvalue weighted by Gasteiger charge is -2.22. The summed E-state index contributed by atoms with van der Waals surface area (Å²) in [6, 6.07) is 0.199. The maximum absolute atomic E-state index is 11.6. The molecule has 0 spiro atoms. The van der Waals surface area contributed by atoms with Crippen molar-refractivity contribution in [2.75, 3.05) is 26.2 Å². The predicted molar refractivity (Wildman–Crippen MR) is 61.6 cm³/mol. The van der Waals surface area contributed by atoms with Crippen molar-refractivity contribution in [3.63, 3.8) is 0 Å². The SMILES string of the molecule is CCN(CCO)CC(=O)NC(C)C(C)C. The lowest BCUT2D eigenvalue weighted by Crippen LogP contribution is -2.43. The van der Waals surface area contributed by atoms with E-state index in [0.717, 1.165) is 6.54 Å². The van der Waals surface area contributed by atoms with Crippen LogP contribution in [-0.4, -0.2) is 48.2 Å². The van der Waals surface area contributed by atoms with Crippen molar-refractivity contribution in [1.29, 1.82) is 0 Å². The van der Waals surface area contributed by atoms with Gasteiger partial charge in [0.05, 0.1) is 13.2 Å². The molecule has 90 valence electrons. The largest absolute Gasteiger partial charge is 0.395 e. The van der Waals surface area contributed by atoms with E-state index < -0.39 is 0 Å². The third kappa shape index (κ3) is 6.47. The zero-order chi connectivity index (χ0) is 11.8. The third-order valence-electron chi connectivity index (χ3n) is 2.62. The molecule has 0 radical (unpaired) electrons. The number of likely N-dealkylation sites (N-methyl/N-ethyl adjacent to an activating group) is 1. The zero-order valence-corrected chi connectivity index (χ0v) is 10.3. The molecule has 15 heavy (non-hydrogen) atoms. The molecule has 0 aliphatic carbocycles. The van der Waals surface area contributed by atoms with Crippen molar-refractivity contribution < 1.29 is 9.90 Å². The van der Waals surface area contributed by atoms with Crippen molar-refractivity contribution in [2.24, 2.45) is 5.92 Å². The highest BCUT2D eigenvalue weighted by molar-refractivity contribution is 5.78. The molecule has 0 rings (SSSR count). The summed E-state index contributed by atoms with van der Waals surface area (Å²) in [6.45, 7) is 9.95. The highest BCUT2D eigenvalue weighted by Gasteiger charge is 2.13. The number of aliphatic hydroxyl groups is 1. The van der Waals surface area contributed by atoms with Crippen LogP contribution in [0.15, 0.2) is 0 Å². The molecule has 0 saturated heterocycles. The number of carbonyl (C=O) groups is 1. The Morgan fingerprint density at radius 1 is 1.40 bits per heavy atom. The molecule has 4 nitrogen and oxygen atoms in total. The van der Waals surface area contributed by atoms with Gasteiger partial charge < -0.3 is 10.4 Å². The second-order valence-corrected chi connectivity index (χ2v) is 4.19. The summed E-state index contributed by atoms with van der Waals surface area (Å²) < 4.78 is 0. The number of carbonyl (C=O) groups excluding carboxylic acids is 1. The quantitative estimate of drug-likeness (QED) is 0.650. The number of rotatable bonds is 7. The van der Waals surface area contributed by atoms with Crippen molar-refractivity contribution >= 4 is 5.91 Å². The molecule has 0 bridgehead atoms. The van der Waals surface area contributed by atoms with Crippen LogP contribution in [0.25, 0.3) is 0 Å². The first-order chi connectivity index (χ1) is 7.01. The average molecular weight is 216 g/mol. The molecule has 1 amide bonds. The molecular weight excluding hydrogens is 192 g/mol. The van der Waals surface area contributed by atoms with E-state index in [2.05, 4.69) is 19.2 Å². The molecule has 0 fully saturated rings. The normalized spacial score (nSPS) is 13.3. The molecule has 0 saturated carbocycles. The Morgan fingerprint density at radius 3 is 2.40 bits per heavy atom. The Labute approximate surface area is 92.7 Å². The molecule has 4 heteroatoms. The van der Waals surface area contributed by atoms with Crippen LogP contribution in [0.4, 0.5) is 0 Å². The monoisotopic (exact) mass is 216 g/mol. The van der Waals surface area contributed by atoms with E-state index in [1.54, 1.807) is 0 Å². The highest BCUT2D eigenvalue weighted by Crippen LogP contribution is 1.99. The molecular formula is C11H24N2O2. The van der Waals surface area contributed by atoms with Crippen LogP contribution in [0.1, 0.15) is 27.7 Å². The van der Waals surface area contributed by atoms with Gasteiger partial charge in [-0.2, -0.15) is 0 Å². The zero-order valence-electron chi connectivity index (χ0n) is 10.3. The number of amides is 1. The van der Waals surface area contributed by atoms with Gasteiger partial charge in [0.25, 0.3) is 0 Å². The maximum Gasteiger partial charge on any atom is 0.234 e. The minimum absolute atomic E-state index is 0.0338. The fraction of sp³-hybridized carbons (Fsp3) is 0.909. The third-order valence-corrected chi connectivity index (χ3v) is 2.62. The summed E-state index contributed by atoms with van der Waals surface area (Å²) in [6.07, 6.45) is 0. The van der Waals surface area contributed by atoms with Crippen LogP contribution in [0.5, 0.6) is 0 Å². The van der Waals surface area contributed by atoms with Crippen LogP contribution in [0.2, 0.25) is 0 Å². The van der Waals surface area contributed by atoms with Gasteiger partial charge in [0.1, 0.15) is 0 Å². The number of nitrogens with one attached hydrogen (secondary N) is 1. The van der Waals surface area contributed by atoms with Gasteiger partial charge in [-0.05, 0) is 19.4 Å². The van der Waals surface area contributed by atoms with Gasteiger partial charge in [0.2, 0.25) is 5.91 Å². The molecule has 0 aromatic carbocycles. The van der Waals surface area contributed by atoms with E-state index in [9.17, 15) is 4.79 Å². The van der Waals surface area contributed by atoms with E-state index >= 15 is 0 Å². The van der Waals surface area contributed by atoms with Gasteiger partial charge in [-0.15, -0.1) is 0 Å². The van der Waals surface area contributed by atoms with Crippen LogP contribution < -0.4 is 5.32 Å². The van der Waals surface area contributed by atoms with E-state index in [1.165, 1.54) is 0 Å². The van der Waals surface area contributed by atoms with Crippen LogP contribution >= 0.6 is 0 Å². The molecule has 2 N–H and O–H groups in total. The molecule has 0 aromatic heterocycles. The average Bonchev–Trinajstić information content (AvgIpc) is 2.16. The van der Waals surface area contributed by atoms with Gasteiger partial charge >= 0.3 is 0 Å². The summed E-state index contributed by atoms with van der Waals surface area (Å²) in [5.41, 5.74) is 0. The smallest absolute Gasteiger partial charge is 0.234 e. The Kier molecular flexibility index (Phi) is 7.34. The Morgan fingerprint density at radius 2 is 2.00 bits per heavy atom. The molecule has 1 atom stereocenters. The fourth-order valence-corrected chi connectivity index (χ4v) is 1.16. The Balaban J connectivity index is 3.90. The summed E-state index contributed by atoms with van der Waals surface area (Å²) in [4.78, 5) is 13.5. The van der Waals surface area contributed by atoms with Crippen LogP contribution in [-0.2, 0) is 4.79 Å². The number of hydrogen-bond acceptors (Lipinski definition) is 3. The van der Waals surface area contributed by atoms with Gasteiger partial charge in [-0.3, -0.25) is 9.69 Å². The van der Waals surface area contributed by atoms with Crippen molar-refractivity contribution in [2.45, 2.75) is 33.7 Å². The maximum atomic E-state index is 11.6. The second-order valence-electron chi connectivity index (χ2n) is 4.19. The molecule has 0 aliphatic rings.